The van der Waals surface area contributed by atoms with E-state index in [1.807, 2.05) is 0 Å². The number of unbranched alkanes of at least 4 members (excludes halogenated alkanes) is 13. The Hall–Kier alpha value is -0.610. The van der Waals surface area contributed by atoms with Crippen molar-refractivity contribution in [2.45, 2.75) is 118 Å². The largest absolute Gasteiger partial charge is 0.481 e. The Labute approximate surface area is 188 Å². The van der Waals surface area contributed by atoms with Gasteiger partial charge in [0.2, 0.25) is 0 Å². The third kappa shape index (κ3) is 15.2. The van der Waals surface area contributed by atoms with Crippen LogP contribution in [0.25, 0.3) is 0 Å². The monoisotopic (exact) mass is 428 g/mol. The molecule has 0 bridgehead atoms. The van der Waals surface area contributed by atoms with Gasteiger partial charge >= 0.3 is 5.97 Å². The molecule has 0 rings (SSSR count). The zero-order valence-electron chi connectivity index (χ0n) is 20.9. The molecule has 0 amide bonds. The smallest absolute Gasteiger partial charge is 0.314 e. The van der Waals surface area contributed by atoms with Crippen LogP contribution in [0.5, 0.6) is 0 Å². The Morgan fingerprint density at radius 2 is 1.10 bits per heavy atom. The number of carboxylic acids is 1. The average Bonchev–Trinajstić information content (AvgIpc) is 2.75. The van der Waals surface area contributed by atoms with Gasteiger partial charge in [-0.3, -0.25) is 4.79 Å². The number of hydrogen-bond donors (Lipinski definition) is 1. The minimum absolute atomic E-state index is 0.355. The molecular weight excluding hydrogens is 374 g/mol. The number of rotatable bonds is 23. The summed E-state index contributed by atoms with van der Waals surface area (Å²) in [7, 11) is 0. The Morgan fingerprint density at radius 3 is 1.47 bits per heavy atom. The molecule has 1 N–H and O–H groups in total. The van der Waals surface area contributed by atoms with E-state index < -0.39 is 11.9 Å². The summed E-state index contributed by atoms with van der Waals surface area (Å²) in [6, 6.07) is 0. The number of ether oxygens (including phenoxy) is 1. The second kappa shape index (κ2) is 20.3. The summed E-state index contributed by atoms with van der Waals surface area (Å²) in [4.78, 5) is 11.6. The Kier molecular flexibility index (Phi) is 19.9. The third-order valence-corrected chi connectivity index (χ3v) is 6.93. The summed E-state index contributed by atoms with van der Waals surface area (Å²) < 4.78 is 6.61. The maximum Gasteiger partial charge on any atom is 0.314 e. The van der Waals surface area contributed by atoms with Crippen molar-refractivity contribution in [1.29, 1.82) is 0 Å². The van der Waals surface area contributed by atoms with Crippen LogP contribution in [-0.2, 0) is 9.53 Å². The van der Waals surface area contributed by atoms with Gasteiger partial charge in [0.25, 0.3) is 0 Å². The molecular formula is C26H54NO3+. The van der Waals surface area contributed by atoms with E-state index in [2.05, 4.69) is 27.7 Å². The number of nitrogens with zero attached hydrogens (tertiary/aromatic N) is 1. The molecule has 0 radical (unpaired) electrons. The molecule has 4 nitrogen and oxygen atoms in total. The molecule has 0 heterocycles. The molecule has 0 aliphatic heterocycles. The fourth-order valence-electron chi connectivity index (χ4n) is 4.35. The highest BCUT2D eigenvalue weighted by atomic mass is 16.5. The van der Waals surface area contributed by atoms with Crippen molar-refractivity contribution >= 4 is 5.97 Å². The third-order valence-electron chi connectivity index (χ3n) is 6.93. The first-order chi connectivity index (χ1) is 14.5. The van der Waals surface area contributed by atoms with Gasteiger partial charge < -0.3 is 14.3 Å². The molecule has 0 aliphatic rings. The van der Waals surface area contributed by atoms with Crippen LogP contribution < -0.4 is 0 Å². The predicted molar refractivity (Wildman–Crippen MR) is 129 cm³/mol. The van der Waals surface area contributed by atoms with E-state index in [0.29, 0.717) is 19.8 Å². The molecule has 0 aromatic heterocycles. The van der Waals surface area contributed by atoms with Crippen molar-refractivity contribution in [2.75, 3.05) is 39.4 Å². The molecule has 0 aromatic rings. The van der Waals surface area contributed by atoms with E-state index in [9.17, 15) is 9.90 Å². The lowest BCUT2D eigenvalue weighted by atomic mass is 10.0. The van der Waals surface area contributed by atoms with Crippen LogP contribution in [0.2, 0.25) is 0 Å². The van der Waals surface area contributed by atoms with Crippen molar-refractivity contribution in [3.63, 3.8) is 0 Å². The fourth-order valence-corrected chi connectivity index (χ4v) is 4.35. The van der Waals surface area contributed by atoms with Crippen molar-refractivity contribution in [1.82, 2.24) is 0 Å². The lowest BCUT2D eigenvalue weighted by Crippen LogP contribution is -2.52. The van der Waals surface area contributed by atoms with Gasteiger partial charge in [0.05, 0.1) is 32.8 Å². The molecule has 30 heavy (non-hydrogen) atoms. The first-order valence-electron chi connectivity index (χ1n) is 13.2. The van der Waals surface area contributed by atoms with Crippen LogP contribution in [0.1, 0.15) is 118 Å². The molecule has 0 fully saturated rings. The molecule has 180 valence electrons. The van der Waals surface area contributed by atoms with E-state index in [1.165, 1.54) is 83.5 Å². The molecule has 0 saturated carbocycles. The van der Waals surface area contributed by atoms with E-state index in [1.54, 1.807) is 0 Å². The van der Waals surface area contributed by atoms with Gasteiger partial charge in [0.1, 0.15) is 5.92 Å². The van der Waals surface area contributed by atoms with E-state index in [4.69, 9.17) is 4.74 Å². The zero-order valence-corrected chi connectivity index (χ0v) is 20.9. The summed E-state index contributed by atoms with van der Waals surface area (Å²) in [6.45, 7) is 13.4. The fraction of sp³-hybridized carbons (Fsp3) is 0.962. The van der Waals surface area contributed by atoms with Gasteiger partial charge in [-0.25, -0.2) is 0 Å². The molecule has 0 spiro atoms. The second-order valence-corrected chi connectivity index (χ2v) is 9.18. The molecule has 0 saturated heterocycles. The molecule has 0 aromatic carbocycles. The first-order valence-corrected chi connectivity index (χ1v) is 13.2. The molecule has 4 heteroatoms. The number of carbonyl (C=O) groups is 1. The number of quaternary nitrogens is 1. The van der Waals surface area contributed by atoms with Gasteiger partial charge in [-0.15, -0.1) is 0 Å². The second-order valence-electron chi connectivity index (χ2n) is 9.18. The maximum absolute atomic E-state index is 11.6. The zero-order chi connectivity index (χ0) is 22.5. The summed E-state index contributed by atoms with van der Waals surface area (Å²) in [5.41, 5.74) is 0. The Bertz CT molecular complexity index is 374. The van der Waals surface area contributed by atoms with Crippen LogP contribution in [0.4, 0.5) is 0 Å². The van der Waals surface area contributed by atoms with E-state index in [0.717, 1.165) is 30.5 Å². The Balaban J connectivity index is 3.59. The lowest BCUT2D eigenvalue weighted by Gasteiger charge is -2.37. The summed E-state index contributed by atoms with van der Waals surface area (Å²) in [5.74, 6) is -1.11. The van der Waals surface area contributed by atoms with Crippen molar-refractivity contribution in [3.8, 4) is 0 Å². The first kappa shape index (κ1) is 29.4. The van der Waals surface area contributed by atoms with Gasteiger partial charge in [0, 0.05) is 6.61 Å². The van der Waals surface area contributed by atoms with E-state index >= 15 is 0 Å². The summed E-state index contributed by atoms with van der Waals surface area (Å²) in [5, 5.41) is 9.56. The maximum atomic E-state index is 11.6. The topological polar surface area (TPSA) is 46.5 Å². The van der Waals surface area contributed by atoms with Gasteiger partial charge in [-0.2, -0.15) is 0 Å². The normalized spacial score (nSPS) is 12.9. The number of carboxylic acid groups (broad SMARTS) is 1. The van der Waals surface area contributed by atoms with Crippen LogP contribution >= 0.6 is 0 Å². The SMILES string of the molecule is CCCCCCCCCCCCCCCCOCC(C[N+](CC)(CC)CC)C(=O)O. The van der Waals surface area contributed by atoms with Gasteiger partial charge in [-0.1, -0.05) is 90.4 Å². The molecule has 0 aliphatic carbocycles. The highest BCUT2D eigenvalue weighted by molar-refractivity contribution is 5.70. The van der Waals surface area contributed by atoms with Crippen LogP contribution in [0.15, 0.2) is 0 Å². The Morgan fingerprint density at radius 1 is 0.700 bits per heavy atom. The highest BCUT2D eigenvalue weighted by Crippen LogP contribution is 2.14. The number of hydrogen-bond acceptors (Lipinski definition) is 2. The number of aliphatic carboxylic acids is 1. The van der Waals surface area contributed by atoms with E-state index in [-0.39, 0.29) is 0 Å². The van der Waals surface area contributed by atoms with Gasteiger partial charge in [-0.05, 0) is 27.2 Å². The van der Waals surface area contributed by atoms with Gasteiger partial charge in [0.15, 0.2) is 0 Å². The minimum Gasteiger partial charge on any atom is -0.481 e. The van der Waals surface area contributed by atoms with Crippen molar-refractivity contribution in [2.24, 2.45) is 5.92 Å². The van der Waals surface area contributed by atoms with Crippen molar-refractivity contribution in [3.05, 3.63) is 0 Å². The lowest BCUT2D eigenvalue weighted by molar-refractivity contribution is -0.925. The standard InChI is InChI=1S/C26H53NO3/c1-5-9-10-11-12-13-14-15-16-17-18-19-20-21-22-30-24-25(26(28)29)23-27(6-2,7-3)8-4/h25H,5-24H2,1-4H3/p+1. The highest BCUT2D eigenvalue weighted by Gasteiger charge is 2.30. The van der Waals surface area contributed by atoms with Crippen LogP contribution in [0.3, 0.4) is 0 Å². The minimum atomic E-state index is -0.714. The summed E-state index contributed by atoms with van der Waals surface area (Å²) in [6.07, 6.45) is 18.9. The molecule has 1 atom stereocenters. The average molecular weight is 429 g/mol. The van der Waals surface area contributed by atoms with Crippen molar-refractivity contribution < 1.29 is 19.1 Å². The quantitative estimate of drug-likeness (QED) is 0.140. The molecule has 1 unspecified atom stereocenters. The summed E-state index contributed by atoms with van der Waals surface area (Å²) >= 11 is 0. The predicted octanol–water partition coefficient (Wildman–Crippen LogP) is 7.06. The van der Waals surface area contributed by atoms with Crippen LogP contribution in [0, 0.1) is 5.92 Å². The van der Waals surface area contributed by atoms with Crippen LogP contribution in [-0.4, -0.2) is 55.0 Å².